The Balaban J connectivity index is 4.44. The molecule has 0 aromatic rings. The van der Waals surface area contributed by atoms with Gasteiger partial charge in [0.1, 0.15) is 13.2 Å². The minimum Gasteiger partial charge on any atom is -0.462 e. The average molecular weight is 962 g/mol. The van der Waals surface area contributed by atoms with E-state index < -0.39 is 6.10 Å². The summed E-state index contributed by atoms with van der Waals surface area (Å²) in [4.78, 5) is 38.2. The molecule has 0 saturated carbocycles. The van der Waals surface area contributed by atoms with Crippen LogP contribution < -0.4 is 0 Å². The maximum atomic E-state index is 12.9. The van der Waals surface area contributed by atoms with Crippen LogP contribution in [0.1, 0.15) is 278 Å². The molecule has 0 aliphatic heterocycles. The van der Waals surface area contributed by atoms with E-state index in [0.29, 0.717) is 19.3 Å². The Morgan fingerprint density at radius 2 is 0.522 bits per heavy atom. The normalized spacial score (nSPS) is 12.7. The molecular formula is C63H108O6. The average Bonchev–Trinajstić information content (AvgIpc) is 3.35. The van der Waals surface area contributed by atoms with Crippen molar-refractivity contribution in [3.63, 3.8) is 0 Å². The topological polar surface area (TPSA) is 78.9 Å². The largest absolute Gasteiger partial charge is 0.462 e. The number of hydrogen-bond acceptors (Lipinski definition) is 6. The first-order valence-corrected chi connectivity index (χ1v) is 29.1. The Morgan fingerprint density at radius 3 is 0.812 bits per heavy atom. The van der Waals surface area contributed by atoms with Gasteiger partial charge in [-0.1, -0.05) is 221 Å². The second kappa shape index (κ2) is 57.2. The molecule has 0 spiro atoms. The third-order valence-corrected chi connectivity index (χ3v) is 12.3. The molecule has 1 atom stereocenters. The van der Waals surface area contributed by atoms with Crippen molar-refractivity contribution in [1.82, 2.24) is 0 Å². The highest BCUT2D eigenvalue weighted by atomic mass is 16.6. The Hall–Kier alpha value is -3.41. The number of carbonyl (C=O) groups is 3. The minimum atomic E-state index is -0.793. The van der Waals surface area contributed by atoms with E-state index in [0.717, 1.165) is 116 Å². The SMILES string of the molecule is CCCCC/C=C\C/C=C\C/C=C\CCCCCCCCC(=O)OCC(COC(=O)CCCCCCC/C=C\C/C=C\CCCCC)OC(=O)CCCCCCCCC/C=C\C/C=C\CCCCC. The van der Waals surface area contributed by atoms with E-state index in [9.17, 15) is 14.4 Å². The fraction of sp³-hybridized carbons (Fsp3) is 0.730. The summed E-state index contributed by atoms with van der Waals surface area (Å²) in [7, 11) is 0. The summed E-state index contributed by atoms with van der Waals surface area (Å²) in [5.41, 5.74) is 0. The van der Waals surface area contributed by atoms with Crippen LogP contribution in [-0.2, 0) is 28.6 Å². The number of allylic oxidation sites excluding steroid dienone is 14. The van der Waals surface area contributed by atoms with Crippen LogP contribution in [0.2, 0.25) is 0 Å². The van der Waals surface area contributed by atoms with Crippen LogP contribution in [0.5, 0.6) is 0 Å². The maximum Gasteiger partial charge on any atom is 0.306 e. The van der Waals surface area contributed by atoms with Gasteiger partial charge in [0.05, 0.1) is 0 Å². The zero-order valence-electron chi connectivity index (χ0n) is 45.3. The summed E-state index contributed by atoms with van der Waals surface area (Å²) in [5.74, 6) is -0.919. The number of unbranched alkanes of at least 4 members (excludes halogenated alkanes) is 27. The van der Waals surface area contributed by atoms with Gasteiger partial charge in [0.15, 0.2) is 6.10 Å². The zero-order valence-corrected chi connectivity index (χ0v) is 45.3. The van der Waals surface area contributed by atoms with Crippen molar-refractivity contribution in [1.29, 1.82) is 0 Å². The third-order valence-electron chi connectivity index (χ3n) is 12.3. The van der Waals surface area contributed by atoms with E-state index in [-0.39, 0.29) is 31.1 Å². The number of ether oxygens (including phenoxy) is 3. The summed E-state index contributed by atoms with van der Waals surface area (Å²) in [6.07, 6.45) is 74.2. The van der Waals surface area contributed by atoms with Crippen molar-refractivity contribution >= 4 is 17.9 Å². The molecule has 0 heterocycles. The Bertz CT molecular complexity index is 1330. The number of rotatable bonds is 52. The fourth-order valence-corrected chi connectivity index (χ4v) is 7.92. The van der Waals surface area contributed by atoms with Crippen molar-refractivity contribution in [2.75, 3.05) is 13.2 Å². The quantitative estimate of drug-likeness (QED) is 0.0262. The number of carbonyl (C=O) groups excluding carboxylic acids is 3. The highest BCUT2D eigenvalue weighted by Crippen LogP contribution is 2.14. The van der Waals surface area contributed by atoms with E-state index in [2.05, 4.69) is 106 Å². The summed E-state index contributed by atoms with van der Waals surface area (Å²) in [6, 6.07) is 0. The second-order valence-corrected chi connectivity index (χ2v) is 19.2. The zero-order chi connectivity index (χ0) is 50.0. The molecule has 0 aliphatic rings. The number of hydrogen-bond donors (Lipinski definition) is 0. The van der Waals surface area contributed by atoms with E-state index in [1.807, 2.05) is 0 Å². The molecule has 6 heteroatoms. The van der Waals surface area contributed by atoms with Crippen molar-refractivity contribution in [2.24, 2.45) is 0 Å². The molecule has 0 aromatic carbocycles. The lowest BCUT2D eigenvalue weighted by Crippen LogP contribution is -2.30. The molecule has 0 N–H and O–H groups in total. The predicted octanol–water partition coefficient (Wildman–Crippen LogP) is 19.5. The molecular weight excluding hydrogens is 853 g/mol. The molecule has 0 fully saturated rings. The van der Waals surface area contributed by atoms with Crippen LogP contribution in [-0.4, -0.2) is 37.2 Å². The van der Waals surface area contributed by atoms with Crippen LogP contribution in [0.3, 0.4) is 0 Å². The van der Waals surface area contributed by atoms with Crippen LogP contribution in [0.15, 0.2) is 85.1 Å². The van der Waals surface area contributed by atoms with Gasteiger partial charge < -0.3 is 14.2 Å². The Labute approximate surface area is 426 Å². The van der Waals surface area contributed by atoms with Crippen molar-refractivity contribution in [3.8, 4) is 0 Å². The van der Waals surface area contributed by atoms with Gasteiger partial charge in [0.2, 0.25) is 0 Å². The molecule has 1 unspecified atom stereocenters. The molecule has 0 saturated heterocycles. The Morgan fingerprint density at radius 1 is 0.290 bits per heavy atom. The highest BCUT2D eigenvalue weighted by molar-refractivity contribution is 5.71. The summed E-state index contributed by atoms with van der Waals surface area (Å²) in [5, 5.41) is 0. The van der Waals surface area contributed by atoms with Gasteiger partial charge >= 0.3 is 17.9 Å². The molecule has 0 rings (SSSR count). The third kappa shape index (κ3) is 55.4. The van der Waals surface area contributed by atoms with Gasteiger partial charge in [0.25, 0.3) is 0 Å². The van der Waals surface area contributed by atoms with E-state index in [1.54, 1.807) is 0 Å². The molecule has 396 valence electrons. The van der Waals surface area contributed by atoms with E-state index in [4.69, 9.17) is 14.2 Å². The first-order chi connectivity index (χ1) is 34.0. The molecule has 0 bridgehead atoms. The van der Waals surface area contributed by atoms with Crippen LogP contribution >= 0.6 is 0 Å². The van der Waals surface area contributed by atoms with Crippen LogP contribution in [0, 0.1) is 0 Å². The number of esters is 3. The Kier molecular flexibility index (Phi) is 54.3. The minimum absolute atomic E-state index is 0.0913. The second-order valence-electron chi connectivity index (χ2n) is 19.2. The van der Waals surface area contributed by atoms with Gasteiger partial charge in [-0.15, -0.1) is 0 Å². The molecule has 6 nitrogen and oxygen atoms in total. The standard InChI is InChI=1S/C63H108O6/c1-4-7-10-13-16-19-22-25-28-30-31-33-35-38-41-44-47-50-53-56-62(65)68-59-60(58-67-61(64)55-52-49-46-43-40-37-34-27-24-21-18-15-12-9-6-3)69-63(66)57-54-51-48-45-42-39-36-32-29-26-23-20-17-14-11-8-5-2/h16-21,25-29,31,33-34,60H,4-15,22-24,30,32,35-59H2,1-3H3/b19-16-,20-17-,21-18-,28-25-,29-26-,33-31-,34-27-. The molecule has 69 heavy (non-hydrogen) atoms. The van der Waals surface area contributed by atoms with Crippen molar-refractivity contribution in [2.45, 2.75) is 284 Å². The monoisotopic (exact) mass is 961 g/mol. The summed E-state index contributed by atoms with van der Waals surface area (Å²) in [6.45, 7) is 6.54. The lowest BCUT2D eigenvalue weighted by molar-refractivity contribution is -0.167. The summed E-state index contributed by atoms with van der Waals surface area (Å²) >= 11 is 0. The lowest BCUT2D eigenvalue weighted by Gasteiger charge is -2.18. The van der Waals surface area contributed by atoms with E-state index in [1.165, 1.54) is 122 Å². The van der Waals surface area contributed by atoms with Gasteiger partial charge in [-0.25, -0.2) is 0 Å². The predicted molar refractivity (Wildman–Crippen MR) is 297 cm³/mol. The molecule has 0 aliphatic carbocycles. The molecule has 0 aromatic heterocycles. The molecule has 0 radical (unpaired) electrons. The van der Waals surface area contributed by atoms with Crippen LogP contribution in [0.25, 0.3) is 0 Å². The smallest absolute Gasteiger partial charge is 0.306 e. The van der Waals surface area contributed by atoms with Gasteiger partial charge in [-0.3, -0.25) is 14.4 Å². The fourth-order valence-electron chi connectivity index (χ4n) is 7.92. The first-order valence-electron chi connectivity index (χ1n) is 29.1. The van der Waals surface area contributed by atoms with Gasteiger partial charge in [0, 0.05) is 19.3 Å². The lowest BCUT2D eigenvalue weighted by atomic mass is 10.1. The van der Waals surface area contributed by atoms with Gasteiger partial charge in [-0.2, -0.15) is 0 Å². The first kappa shape index (κ1) is 65.6. The summed E-state index contributed by atoms with van der Waals surface area (Å²) < 4.78 is 16.9. The van der Waals surface area contributed by atoms with E-state index >= 15 is 0 Å². The highest BCUT2D eigenvalue weighted by Gasteiger charge is 2.19. The van der Waals surface area contributed by atoms with Crippen LogP contribution in [0.4, 0.5) is 0 Å². The van der Waals surface area contributed by atoms with Gasteiger partial charge in [-0.05, 0) is 122 Å². The maximum absolute atomic E-state index is 12.9. The van der Waals surface area contributed by atoms with Crippen molar-refractivity contribution < 1.29 is 28.6 Å². The molecule has 0 amide bonds. The van der Waals surface area contributed by atoms with Crippen molar-refractivity contribution in [3.05, 3.63) is 85.1 Å².